The van der Waals surface area contributed by atoms with Crippen LogP contribution in [0.1, 0.15) is 19.3 Å². The van der Waals surface area contributed by atoms with E-state index in [9.17, 15) is 0 Å². The summed E-state index contributed by atoms with van der Waals surface area (Å²) in [7, 11) is 2.15. The van der Waals surface area contributed by atoms with Crippen LogP contribution in [0.3, 0.4) is 0 Å². The summed E-state index contributed by atoms with van der Waals surface area (Å²) in [4.78, 5) is 7.01. The molecule has 1 fully saturated rings. The molecule has 1 aliphatic heterocycles. The topological polar surface area (TPSA) is 50.2 Å². The Balaban J connectivity index is 2.09. The summed E-state index contributed by atoms with van der Waals surface area (Å²) in [6.45, 7) is 8.33. The van der Waals surface area contributed by atoms with Gasteiger partial charge in [-0.1, -0.05) is 6.42 Å². The Morgan fingerprint density at radius 1 is 0.842 bits per heavy atom. The number of hydrogen-bond acceptors (Lipinski definition) is 5. The zero-order valence-electron chi connectivity index (χ0n) is 12.4. The van der Waals surface area contributed by atoms with E-state index >= 15 is 0 Å². The molecule has 1 heterocycles. The van der Waals surface area contributed by atoms with Crippen LogP contribution in [0.2, 0.25) is 0 Å². The van der Waals surface area contributed by atoms with E-state index in [0.717, 1.165) is 26.2 Å². The van der Waals surface area contributed by atoms with E-state index in [1.54, 1.807) is 0 Å². The van der Waals surface area contributed by atoms with Gasteiger partial charge in [0.1, 0.15) is 0 Å². The second kappa shape index (κ2) is 10.6. The second-order valence-corrected chi connectivity index (χ2v) is 5.49. The molecule has 0 amide bonds. The molecule has 0 atom stereocenters. The van der Waals surface area contributed by atoms with Crippen molar-refractivity contribution in [2.45, 2.75) is 19.3 Å². The van der Waals surface area contributed by atoms with Crippen LogP contribution in [0.15, 0.2) is 0 Å². The molecule has 1 aliphatic rings. The van der Waals surface area contributed by atoms with Gasteiger partial charge in [-0.05, 0) is 33.0 Å². The summed E-state index contributed by atoms with van der Waals surface area (Å²) in [5.74, 6) is 0. The SMILES string of the molecule is CN(CCN(CCO)CCO)CCN1CCCCC1. The van der Waals surface area contributed by atoms with Crippen LogP contribution in [-0.2, 0) is 0 Å². The molecule has 0 aromatic rings. The summed E-state index contributed by atoms with van der Waals surface area (Å²) < 4.78 is 0. The molecule has 2 N–H and O–H groups in total. The van der Waals surface area contributed by atoms with Crippen LogP contribution in [0.25, 0.3) is 0 Å². The Morgan fingerprint density at radius 3 is 2.05 bits per heavy atom. The summed E-state index contributed by atoms with van der Waals surface area (Å²) in [5, 5.41) is 17.9. The second-order valence-electron chi connectivity index (χ2n) is 5.49. The number of nitrogens with zero attached hydrogens (tertiary/aromatic N) is 3. The van der Waals surface area contributed by atoms with Gasteiger partial charge in [0.25, 0.3) is 0 Å². The van der Waals surface area contributed by atoms with Crippen molar-refractivity contribution in [2.24, 2.45) is 0 Å². The van der Waals surface area contributed by atoms with Gasteiger partial charge in [-0.25, -0.2) is 0 Å². The molecule has 0 saturated carbocycles. The fourth-order valence-corrected chi connectivity index (χ4v) is 2.54. The van der Waals surface area contributed by atoms with E-state index in [1.165, 1.54) is 32.4 Å². The van der Waals surface area contributed by atoms with Crippen LogP contribution in [0, 0.1) is 0 Å². The largest absolute Gasteiger partial charge is 0.395 e. The average molecular weight is 273 g/mol. The molecule has 19 heavy (non-hydrogen) atoms. The zero-order chi connectivity index (χ0) is 13.9. The van der Waals surface area contributed by atoms with Gasteiger partial charge in [0.15, 0.2) is 0 Å². The quantitative estimate of drug-likeness (QED) is 0.572. The lowest BCUT2D eigenvalue weighted by Gasteiger charge is -2.29. The maximum Gasteiger partial charge on any atom is 0.0558 e. The van der Waals surface area contributed by atoms with Gasteiger partial charge in [0, 0.05) is 39.3 Å². The lowest BCUT2D eigenvalue weighted by Crippen LogP contribution is -2.40. The fraction of sp³-hybridized carbons (Fsp3) is 1.00. The highest BCUT2D eigenvalue weighted by atomic mass is 16.3. The van der Waals surface area contributed by atoms with Crippen molar-refractivity contribution in [3.8, 4) is 0 Å². The fourth-order valence-electron chi connectivity index (χ4n) is 2.54. The average Bonchev–Trinajstić information content (AvgIpc) is 2.44. The Labute approximate surface area is 117 Å². The predicted octanol–water partition coefficient (Wildman–Crippen LogP) is -0.309. The third-order valence-corrected chi connectivity index (χ3v) is 3.88. The van der Waals surface area contributed by atoms with E-state index in [-0.39, 0.29) is 13.2 Å². The summed E-state index contributed by atoms with van der Waals surface area (Å²) in [6, 6.07) is 0. The monoisotopic (exact) mass is 273 g/mol. The summed E-state index contributed by atoms with van der Waals surface area (Å²) in [6.07, 6.45) is 4.10. The van der Waals surface area contributed by atoms with Gasteiger partial charge >= 0.3 is 0 Å². The van der Waals surface area contributed by atoms with Crippen LogP contribution >= 0.6 is 0 Å². The van der Waals surface area contributed by atoms with Gasteiger partial charge in [-0.2, -0.15) is 0 Å². The Kier molecular flexibility index (Phi) is 9.38. The Morgan fingerprint density at radius 2 is 1.47 bits per heavy atom. The maximum absolute atomic E-state index is 8.96. The standard InChI is InChI=1S/C14H31N3O2/c1-15(7-9-16-5-3-2-4-6-16)8-10-17(11-13-18)12-14-19/h18-19H,2-14H2,1H3. The number of rotatable bonds is 10. The van der Waals surface area contributed by atoms with Crippen molar-refractivity contribution in [1.29, 1.82) is 0 Å². The summed E-state index contributed by atoms with van der Waals surface area (Å²) in [5.41, 5.74) is 0. The first-order valence-corrected chi connectivity index (χ1v) is 7.61. The summed E-state index contributed by atoms with van der Waals surface area (Å²) >= 11 is 0. The molecule has 5 heteroatoms. The third-order valence-electron chi connectivity index (χ3n) is 3.88. The zero-order valence-corrected chi connectivity index (χ0v) is 12.4. The van der Waals surface area contributed by atoms with Crippen molar-refractivity contribution >= 4 is 0 Å². The van der Waals surface area contributed by atoms with Crippen LogP contribution in [0.4, 0.5) is 0 Å². The van der Waals surface area contributed by atoms with Gasteiger partial charge in [0.2, 0.25) is 0 Å². The molecule has 0 aromatic carbocycles. The van der Waals surface area contributed by atoms with Gasteiger partial charge in [-0.15, -0.1) is 0 Å². The number of piperidine rings is 1. The Hall–Kier alpha value is -0.200. The highest BCUT2D eigenvalue weighted by Crippen LogP contribution is 2.07. The maximum atomic E-state index is 8.96. The molecule has 0 spiro atoms. The van der Waals surface area contributed by atoms with E-state index in [0.29, 0.717) is 13.1 Å². The minimum absolute atomic E-state index is 0.164. The van der Waals surface area contributed by atoms with Crippen molar-refractivity contribution < 1.29 is 10.2 Å². The first kappa shape index (κ1) is 16.9. The molecular formula is C14H31N3O2. The molecule has 0 aliphatic carbocycles. The third kappa shape index (κ3) is 7.84. The normalized spacial score (nSPS) is 17.5. The van der Waals surface area contributed by atoms with Crippen molar-refractivity contribution in [3.63, 3.8) is 0 Å². The molecule has 0 unspecified atom stereocenters. The van der Waals surface area contributed by atoms with Gasteiger partial charge in [-0.3, -0.25) is 4.90 Å². The van der Waals surface area contributed by atoms with Crippen LogP contribution in [0.5, 0.6) is 0 Å². The van der Waals surface area contributed by atoms with Crippen molar-refractivity contribution in [3.05, 3.63) is 0 Å². The van der Waals surface area contributed by atoms with Gasteiger partial charge in [0.05, 0.1) is 13.2 Å². The van der Waals surface area contributed by atoms with E-state index < -0.39 is 0 Å². The van der Waals surface area contributed by atoms with E-state index in [2.05, 4.69) is 21.7 Å². The number of aliphatic hydroxyl groups is 2. The highest BCUT2D eigenvalue weighted by molar-refractivity contribution is 4.67. The number of likely N-dealkylation sites (N-methyl/N-ethyl adjacent to an activating group) is 1. The minimum Gasteiger partial charge on any atom is -0.395 e. The Bertz CT molecular complexity index is 205. The predicted molar refractivity (Wildman–Crippen MR) is 78.4 cm³/mol. The molecule has 0 bridgehead atoms. The molecule has 1 rings (SSSR count). The number of likely N-dealkylation sites (tertiary alicyclic amines) is 1. The van der Waals surface area contributed by atoms with Crippen molar-refractivity contribution in [2.75, 3.05) is 72.6 Å². The molecular weight excluding hydrogens is 242 g/mol. The van der Waals surface area contributed by atoms with E-state index in [1.807, 2.05) is 0 Å². The number of hydrogen-bond donors (Lipinski definition) is 2. The van der Waals surface area contributed by atoms with E-state index in [4.69, 9.17) is 10.2 Å². The first-order chi connectivity index (χ1) is 9.26. The molecule has 114 valence electrons. The molecule has 5 nitrogen and oxygen atoms in total. The van der Waals surface area contributed by atoms with Crippen LogP contribution < -0.4 is 0 Å². The van der Waals surface area contributed by atoms with Crippen molar-refractivity contribution in [1.82, 2.24) is 14.7 Å². The minimum atomic E-state index is 0.164. The molecule has 0 radical (unpaired) electrons. The lowest BCUT2D eigenvalue weighted by molar-refractivity contribution is 0.141. The molecule has 1 saturated heterocycles. The first-order valence-electron chi connectivity index (χ1n) is 7.61. The van der Waals surface area contributed by atoms with Crippen LogP contribution in [-0.4, -0.2) is 97.5 Å². The number of aliphatic hydroxyl groups excluding tert-OH is 2. The van der Waals surface area contributed by atoms with Gasteiger partial charge < -0.3 is 20.0 Å². The lowest BCUT2D eigenvalue weighted by atomic mass is 10.1. The molecule has 0 aromatic heterocycles. The highest BCUT2D eigenvalue weighted by Gasteiger charge is 2.11. The smallest absolute Gasteiger partial charge is 0.0558 e.